The van der Waals surface area contributed by atoms with Crippen LogP contribution in [0.1, 0.15) is 47.8 Å². The van der Waals surface area contributed by atoms with Gasteiger partial charge in [0.2, 0.25) is 0 Å². The highest BCUT2D eigenvalue weighted by atomic mass is 35.5. The van der Waals surface area contributed by atoms with E-state index >= 15 is 0 Å². The maximum Gasteiger partial charge on any atom is 0.253 e. The molecule has 0 atom stereocenters. The van der Waals surface area contributed by atoms with Crippen molar-refractivity contribution >= 4 is 28.7 Å². The number of halogens is 1. The summed E-state index contributed by atoms with van der Waals surface area (Å²) in [4.78, 5) is 25.4. The van der Waals surface area contributed by atoms with Gasteiger partial charge in [-0.25, -0.2) is 9.97 Å². The average molecular weight is 356 g/mol. The highest BCUT2D eigenvalue weighted by Crippen LogP contribution is 2.31. The molecule has 1 amide bonds. The first-order valence-corrected chi connectivity index (χ1v) is 8.80. The van der Waals surface area contributed by atoms with E-state index in [1.807, 2.05) is 6.33 Å². The molecule has 0 spiro atoms. The van der Waals surface area contributed by atoms with Crippen LogP contribution < -0.4 is 5.32 Å². The van der Waals surface area contributed by atoms with E-state index in [0.29, 0.717) is 22.3 Å². The second kappa shape index (κ2) is 6.80. The van der Waals surface area contributed by atoms with Gasteiger partial charge in [0.05, 0.1) is 29.2 Å². The Morgan fingerprint density at radius 3 is 2.92 bits per heavy atom. The lowest BCUT2D eigenvalue weighted by Crippen LogP contribution is -2.23. The van der Waals surface area contributed by atoms with Gasteiger partial charge in [0, 0.05) is 18.4 Å². The molecular weight excluding hydrogens is 338 g/mol. The summed E-state index contributed by atoms with van der Waals surface area (Å²) in [6.07, 6.45) is 9.92. The normalized spacial score (nSPS) is 14.9. The SMILES string of the molecule is O=C(NCc1ncccc1Cl)c1cnc2c(c1)ncn2C1CCCC1. The number of aromatic nitrogens is 4. The van der Waals surface area contributed by atoms with Gasteiger partial charge < -0.3 is 9.88 Å². The van der Waals surface area contributed by atoms with Crippen LogP contribution in [0, 0.1) is 0 Å². The number of rotatable bonds is 4. The highest BCUT2D eigenvalue weighted by molar-refractivity contribution is 6.31. The Hall–Kier alpha value is -2.47. The number of carbonyl (C=O) groups excluding carboxylic acids is 1. The van der Waals surface area contributed by atoms with Crippen LogP contribution in [-0.4, -0.2) is 25.4 Å². The second-order valence-corrected chi connectivity index (χ2v) is 6.68. The topological polar surface area (TPSA) is 72.7 Å². The molecule has 3 aromatic heterocycles. The van der Waals surface area contributed by atoms with E-state index in [2.05, 4.69) is 24.8 Å². The van der Waals surface area contributed by atoms with Crippen molar-refractivity contribution in [2.45, 2.75) is 38.3 Å². The van der Waals surface area contributed by atoms with Crippen molar-refractivity contribution in [3.05, 3.63) is 53.2 Å². The molecule has 1 aliphatic rings. The molecular formula is C18H18ClN5O. The third-order valence-corrected chi connectivity index (χ3v) is 4.99. The Morgan fingerprint density at radius 2 is 2.12 bits per heavy atom. The van der Waals surface area contributed by atoms with Crippen molar-refractivity contribution in [2.75, 3.05) is 0 Å². The molecule has 0 bridgehead atoms. The number of carbonyl (C=O) groups is 1. The van der Waals surface area contributed by atoms with Gasteiger partial charge in [0.25, 0.3) is 5.91 Å². The minimum Gasteiger partial charge on any atom is -0.346 e. The van der Waals surface area contributed by atoms with Gasteiger partial charge in [-0.15, -0.1) is 0 Å². The molecule has 3 aromatic rings. The first-order valence-electron chi connectivity index (χ1n) is 8.42. The first kappa shape index (κ1) is 16.0. The largest absolute Gasteiger partial charge is 0.346 e. The van der Waals surface area contributed by atoms with E-state index in [9.17, 15) is 4.79 Å². The summed E-state index contributed by atoms with van der Waals surface area (Å²) in [5.41, 5.74) is 2.71. The fourth-order valence-corrected chi connectivity index (χ4v) is 3.50. The van der Waals surface area contributed by atoms with E-state index in [0.717, 1.165) is 11.2 Å². The van der Waals surface area contributed by atoms with Gasteiger partial charge in [0.15, 0.2) is 5.65 Å². The van der Waals surface area contributed by atoms with Crippen LogP contribution in [0.25, 0.3) is 11.2 Å². The number of hydrogen-bond donors (Lipinski definition) is 1. The van der Waals surface area contributed by atoms with Crippen molar-refractivity contribution in [1.29, 1.82) is 0 Å². The summed E-state index contributed by atoms with van der Waals surface area (Å²) in [5, 5.41) is 3.36. The van der Waals surface area contributed by atoms with Crippen molar-refractivity contribution in [3.63, 3.8) is 0 Å². The lowest BCUT2D eigenvalue weighted by Gasteiger charge is -2.11. The number of pyridine rings is 2. The van der Waals surface area contributed by atoms with Crippen LogP contribution in [0.15, 0.2) is 36.9 Å². The smallest absolute Gasteiger partial charge is 0.253 e. The molecule has 25 heavy (non-hydrogen) atoms. The lowest BCUT2D eigenvalue weighted by molar-refractivity contribution is 0.0950. The quantitative estimate of drug-likeness (QED) is 0.777. The maximum absolute atomic E-state index is 12.4. The van der Waals surface area contributed by atoms with Crippen molar-refractivity contribution in [3.8, 4) is 0 Å². The minimum absolute atomic E-state index is 0.216. The first-order chi connectivity index (χ1) is 12.2. The predicted octanol–water partition coefficient (Wildman–Crippen LogP) is 3.52. The van der Waals surface area contributed by atoms with Crippen molar-refractivity contribution in [1.82, 2.24) is 24.8 Å². The summed E-state index contributed by atoms with van der Waals surface area (Å²) in [6.45, 7) is 0.271. The third kappa shape index (κ3) is 3.22. The van der Waals surface area contributed by atoms with E-state index in [4.69, 9.17) is 11.6 Å². The number of fused-ring (bicyclic) bond motifs is 1. The van der Waals surface area contributed by atoms with Crippen LogP contribution in [0.2, 0.25) is 5.02 Å². The van der Waals surface area contributed by atoms with Gasteiger partial charge in [-0.3, -0.25) is 9.78 Å². The van der Waals surface area contributed by atoms with E-state index in [-0.39, 0.29) is 12.5 Å². The zero-order valence-corrected chi connectivity index (χ0v) is 14.4. The molecule has 4 rings (SSSR count). The molecule has 0 radical (unpaired) electrons. The molecule has 3 heterocycles. The molecule has 1 saturated carbocycles. The van der Waals surface area contributed by atoms with Gasteiger partial charge >= 0.3 is 0 Å². The van der Waals surface area contributed by atoms with Gasteiger partial charge in [-0.05, 0) is 31.0 Å². The number of imidazole rings is 1. The minimum atomic E-state index is -0.216. The van der Waals surface area contributed by atoms with Crippen molar-refractivity contribution < 1.29 is 4.79 Å². The van der Waals surface area contributed by atoms with E-state index in [1.165, 1.54) is 25.7 Å². The van der Waals surface area contributed by atoms with Crippen LogP contribution >= 0.6 is 11.6 Å². The fraction of sp³-hybridized carbons (Fsp3) is 0.333. The molecule has 7 heteroatoms. The fourth-order valence-electron chi connectivity index (χ4n) is 3.31. The standard InChI is InChI=1S/C18H18ClN5O/c19-14-6-3-7-20-16(14)10-22-18(25)12-8-15-17(21-9-12)24(11-23-15)13-4-1-2-5-13/h3,6-9,11,13H,1-2,4-5,10H2,(H,22,25). The van der Waals surface area contributed by atoms with Crippen molar-refractivity contribution in [2.24, 2.45) is 0 Å². The predicted molar refractivity (Wildman–Crippen MR) is 95.5 cm³/mol. The monoisotopic (exact) mass is 355 g/mol. The molecule has 128 valence electrons. The number of amides is 1. The maximum atomic E-state index is 12.4. The summed E-state index contributed by atoms with van der Waals surface area (Å²) >= 11 is 6.06. The zero-order chi connectivity index (χ0) is 17.2. The molecule has 1 aliphatic carbocycles. The second-order valence-electron chi connectivity index (χ2n) is 6.27. The molecule has 0 saturated heterocycles. The number of nitrogens with zero attached hydrogens (tertiary/aromatic N) is 4. The van der Waals surface area contributed by atoms with Crippen LogP contribution in [0.4, 0.5) is 0 Å². The highest BCUT2D eigenvalue weighted by Gasteiger charge is 2.20. The zero-order valence-electron chi connectivity index (χ0n) is 13.7. The van der Waals surface area contributed by atoms with Gasteiger partial charge in [-0.2, -0.15) is 0 Å². The summed E-state index contributed by atoms with van der Waals surface area (Å²) < 4.78 is 2.14. The van der Waals surface area contributed by atoms with Gasteiger partial charge in [-0.1, -0.05) is 24.4 Å². The van der Waals surface area contributed by atoms with Gasteiger partial charge in [0.1, 0.15) is 5.52 Å². The Morgan fingerprint density at radius 1 is 1.28 bits per heavy atom. The van der Waals surface area contributed by atoms with Crippen LogP contribution in [0.5, 0.6) is 0 Å². The molecule has 1 N–H and O–H groups in total. The lowest BCUT2D eigenvalue weighted by atomic mass is 10.2. The molecule has 0 aliphatic heterocycles. The number of nitrogens with one attached hydrogen (secondary N) is 1. The average Bonchev–Trinajstić information content (AvgIpc) is 3.29. The van der Waals surface area contributed by atoms with E-state index < -0.39 is 0 Å². The summed E-state index contributed by atoms with van der Waals surface area (Å²) in [7, 11) is 0. The Bertz CT molecular complexity index is 917. The third-order valence-electron chi connectivity index (χ3n) is 4.64. The van der Waals surface area contributed by atoms with E-state index in [1.54, 1.807) is 30.6 Å². The Labute approximate surface area is 150 Å². The number of hydrogen-bond acceptors (Lipinski definition) is 4. The molecule has 0 aromatic carbocycles. The molecule has 1 fully saturated rings. The molecule has 6 nitrogen and oxygen atoms in total. The van der Waals surface area contributed by atoms with Crippen LogP contribution in [-0.2, 0) is 6.54 Å². The summed E-state index contributed by atoms with van der Waals surface area (Å²) in [6, 6.07) is 5.76. The molecule has 0 unspecified atom stereocenters. The Balaban J connectivity index is 1.51. The van der Waals surface area contributed by atoms with Crippen LogP contribution in [0.3, 0.4) is 0 Å². The Kier molecular flexibility index (Phi) is 4.36. The summed E-state index contributed by atoms with van der Waals surface area (Å²) in [5.74, 6) is -0.216.